The summed E-state index contributed by atoms with van der Waals surface area (Å²) in [6.45, 7) is 3.83. The molecule has 4 heteroatoms. The third kappa shape index (κ3) is 2.42. The van der Waals surface area contributed by atoms with Crippen molar-refractivity contribution in [2.45, 2.75) is 13.8 Å². The molecule has 0 radical (unpaired) electrons. The van der Waals surface area contributed by atoms with Crippen molar-refractivity contribution in [3.8, 4) is 5.75 Å². The van der Waals surface area contributed by atoms with Gasteiger partial charge >= 0.3 is 0 Å². The van der Waals surface area contributed by atoms with E-state index in [-0.39, 0.29) is 5.78 Å². The zero-order chi connectivity index (χ0) is 13.3. The summed E-state index contributed by atoms with van der Waals surface area (Å²) in [5.74, 6) is 0.809. The molecule has 0 aliphatic carbocycles. The van der Waals surface area contributed by atoms with Crippen molar-refractivity contribution in [3.63, 3.8) is 0 Å². The summed E-state index contributed by atoms with van der Waals surface area (Å²) < 4.78 is 5.87. The van der Waals surface area contributed by atoms with E-state index in [2.05, 4.69) is 0 Å². The first-order valence-electron chi connectivity index (χ1n) is 5.48. The van der Waals surface area contributed by atoms with E-state index in [9.17, 15) is 4.79 Å². The Morgan fingerprint density at radius 1 is 1.22 bits per heavy atom. The molecule has 2 nitrogen and oxygen atoms in total. The minimum Gasteiger partial charge on any atom is -0.496 e. The molecule has 0 saturated heterocycles. The molecule has 0 fully saturated rings. The van der Waals surface area contributed by atoms with Gasteiger partial charge in [0.25, 0.3) is 0 Å². The maximum absolute atomic E-state index is 12.3. The molecule has 94 valence electrons. The number of hydrogen-bond donors (Lipinski definition) is 0. The molecular weight excluding hydrogens is 268 g/mol. The molecular formula is C14H13ClO2S. The van der Waals surface area contributed by atoms with Crippen molar-refractivity contribution in [3.05, 3.63) is 50.2 Å². The Balaban J connectivity index is 2.45. The van der Waals surface area contributed by atoms with Crippen molar-refractivity contribution in [2.24, 2.45) is 0 Å². The standard InChI is InChI=1S/C14H13ClO2S/c1-8-7-11(17-3)9(2)6-10(8)14(16)12-4-5-13(15)18-12/h4-7H,1-3H3. The van der Waals surface area contributed by atoms with E-state index < -0.39 is 0 Å². The van der Waals surface area contributed by atoms with Gasteiger partial charge in [0.2, 0.25) is 5.78 Å². The Labute approximate surface area is 115 Å². The van der Waals surface area contributed by atoms with Gasteiger partial charge in [0.1, 0.15) is 5.75 Å². The molecule has 2 rings (SSSR count). The highest BCUT2D eigenvalue weighted by Gasteiger charge is 2.15. The molecule has 2 aromatic rings. The molecule has 0 unspecified atom stereocenters. The minimum atomic E-state index is 0.00940. The maximum Gasteiger partial charge on any atom is 0.203 e. The van der Waals surface area contributed by atoms with Gasteiger partial charge in [-0.3, -0.25) is 4.79 Å². The number of thiophene rings is 1. The van der Waals surface area contributed by atoms with Gasteiger partial charge in [-0.1, -0.05) is 11.6 Å². The van der Waals surface area contributed by atoms with Crippen molar-refractivity contribution in [2.75, 3.05) is 7.11 Å². The van der Waals surface area contributed by atoms with Gasteiger partial charge in [-0.15, -0.1) is 11.3 Å². The molecule has 0 atom stereocenters. The third-order valence-corrected chi connectivity index (χ3v) is 4.01. The second kappa shape index (κ2) is 5.12. The van der Waals surface area contributed by atoms with Crippen molar-refractivity contribution in [1.82, 2.24) is 0 Å². The van der Waals surface area contributed by atoms with Gasteiger partial charge in [0, 0.05) is 5.56 Å². The number of ether oxygens (including phenoxy) is 1. The Hall–Kier alpha value is -1.32. The summed E-state index contributed by atoms with van der Waals surface area (Å²) in [6, 6.07) is 7.25. The second-order valence-electron chi connectivity index (χ2n) is 4.07. The van der Waals surface area contributed by atoms with Crippen LogP contribution in [-0.2, 0) is 0 Å². The summed E-state index contributed by atoms with van der Waals surface area (Å²) in [4.78, 5) is 13.0. The van der Waals surface area contributed by atoms with Crippen LogP contribution in [0, 0.1) is 13.8 Å². The number of benzene rings is 1. The summed E-state index contributed by atoms with van der Waals surface area (Å²) in [5, 5.41) is 0. The number of rotatable bonds is 3. The van der Waals surface area contributed by atoms with E-state index in [1.54, 1.807) is 19.2 Å². The van der Waals surface area contributed by atoms with Crippen LogP contribution in [-0.4, -0.2) is 12.9 Å². The van der Waals surface area contributed by atoms with Crippen LogP contribution in [0.2, 0.25) is 4.34 Å². The molecule has 0 aliphatic heterocycles. The van der Waals surface area contributed by atoms with Gasteiger partial charge < -0.3 is 4.74 Å². The van der Waals surface area contributed by atoms with Crippen LogP contribution in [0.15, 0.2) is 24.3 Å². The van der Waals surface area contributed by atoms with Gasteiger partial charge in [-0.05, 0) is 49.2 Å². The quantitative estimate of drug-likeness (QED) is 0.786. The second-order valence-corrected chi connectivity index (χ2v) is 5.78. The summed E-state index contributed by atoms with van der Waals surface area (Å²) in [6.07, 6.45) is 0. The fraction of sp³-hybridized carbons (Fsp3) is 0.214. The molecule has 0 spiro atoms. The van der Waals surface area contributed by atoms with Crippen LogP contribution < -0.4 is 4.74 Å². The molecule has 1 aromatic carbocycles. The predicted molar refractivity (Wildman–Crippen MR) is 75.2 cm³/mol. The largest absolute Gasteiger partial charge is 0.496 e. The number of carbonyl (C=O) groups is 1. The average Bonchev–Trinajstić information content (AvgIpc) is 2.77. The lowest BCUT2D eigenvalue weighted by Gasteiger charge is -2.09. The highest BCUT2D eigenvalue weighted by Crippen LogP contribution is 2.28. The number of ketones is 1. The number of halogens is 1. The van der Waals surface area contributed by atoms with Crippen molar-refractivity contribution >= 4 is 28.7 Å². The lowest BCUT2D eigenvalue weighted by Crippen LogP contribution is -2.03. The maximum atomic E-state index is 12.3. The van der Waals surface area contributed by atoms with E-state index in [1.807, 2.05) is 26.0 Å². The third-order valence-electron chi connectivity index (χ3n) is 2.78. The summed E-state index contributed by atoms with van der Waals surface area (Å²) in [5.41, 5.74) is 2.56. The van der Waals surface area contributed by atoms with E-state index in [1.165, 1.54) is 11.3 Å². The Bertz CT molecular complexity index is 602. The van der Waals surface area contributed by atoms with Gasteiger partial charge in [-0.25, -0.2) is 0 Å². The molecule has 0 bridgehead atoms. The van der Waals surface area contributed by atoms with Gasteiger partial charge in [0.05, 0.1) is 16.3 Å². The normalized spacial score (nSPS) is 10.4. The van der Waals surface area contributed by atoms with Crippen molar-refractivity contribution < 1.29 is 9.53 Å². The highest BCUT2D eigenvalue weighted by molar-refractivity contribution is 7.18. The van der Waals surface area contributed by atoms with Crippen LogP contribution in [0.1, 0.15) is 26.4 Å². The van der Waals surface area contributed by atoms with E-state index in [0.717, 1.165) is 16.9 Å². The molecule has 0 amide bonds. The number of aryl methyl sites for hydroxylation is 2. The fourth-order valence-corrected chi connectivity index (χ4v) is 2.82. The molecule has 0 N–H and O–H groups in total. The van der Waals surface area contributed by atoms with Crippen LogP contribution in [0.4, 0.5) is 0 Å². The monoisotopic (exact) mass is 280 g/mol. The Morgan fingerprint density at radius 3 is 2.50 bits per heavy atom. The summed E-state index contributed by atoms with van der Waals surface area (Å²) >= 11 is 7.16. The SMILES string of the molecule is COc1cc(C)c(C(=O)c2ccc(Cl)s2)cc1C. The summed E-state index contributed by atoms with van der Waals surface area (Å²) in [7, 11) is 1.63. The molecule has 18 heavy (non-hydrogen) atoms. The van der Waals surface area contributed by atoms with Gasteiger partial charge in [-0.2, -0.15) is 0 Å². The zero-order valence-electron chi connectivity index (χ0n) is 10.4. The first-order valence-corrected chi connectivity index (χ1v) is 6.67. The van der Waals surface area contributed by atoms with E-state index in [0.29, 0.717) is 14.8 Å². The molecule has 0 aliphatic rings. The first kappa shape index (κ1) is 13.1. The Kier molecular flexibility index (Phi) is 3.73. The lowest BCUT2D eigenvalue weighted by molar-refractivity contribution is 0.104. The number of carbonyl (C=O) groups excluding carboxylic acids is 1. The zero-order valence-corrected chi connectivity index (χ0v) is 12.0. The van der Waals surface area contributed by atoms with Crippen LogP contribution in [0.5, 0.6) is 5.75 Å². The smallest absolute Gasteiger partial charge is 0.203 e. The molecule has 1 aromatic heterocycles. The van der Waals surface area contributed by atoms with E-state index in [4.69, 9.17) is 16.3 Å². The van der Waals surface area contributed by atoms with Crippen LogP contribution in [0.25, 0.3) is 0 Å². The van der Waals surface area contributed by atoms with Gasteiger partial charge in [0.15, 0.2) is 0 Å². The lowest BCUT2D eigenvalue weighted by atomic mass is 10.0. The Morgan fingerprint density at radius 2 is 1.94 bits per heavy atom. The average molecular weight is 281 g/mol. The number of hydrogen-bond acceptors (Lipinski definition) is 3. The van der Waals surface area contributed by atoms with E-state index >= 15 is 0 Å². The minimum absolute atomic E-state index is 0.00940. The number of methoxy groups -OCH3 is 1. The topological polar surface area (TPSA) is 26.3 Å². The molecule has 1 heterocycles. The highest BCUT2D eigenvalue weighted by atomic mass is 35.5. The van der Waals surface area contributed by atoms with Crippen molar-refractivity contribution in [1.29, 1.82) is 0 Å². The predicted octanol–water partition coefficient (Wildman–Crippen LogP) is 4.26. The first-order chi connectivity index (χ1) is 8.52. The van der Waals surface area contributed by atoms with Crippen LogP contribution in [0.3, 0.4) is 0 Å². The fourth-order valence-electron chi connectivity index (χ4n) is 1.82. The molecule has 0 saturated carbocycles. The van der Waals surface area contributed by atoms with Crippen LogP contribution >= 0.6 is 22.9 Å².